The third-order valence-electron chi connectivity index (χ3n) is 4.36. The highest BCUT2D eigenvalue weighted by Crippen LogP contribution is 2.43. The van der Waals surface area contributed by atoms with E-state index in [1.807, 2.05) is 0 Å². The summed E-state index contributed by atoms with van der Waals surface area (Å²) in [7, 11) is 0. The standard InChI is InChI=1S/C14H20N4O2S/c1-3-4-15-12-11(16-17-21-12)7-18-13(19)9-5-8(2)6-10(9)14(18)20/h8-10,15H,3-7H2,1-2H3. The zero-order valence-electron chi connectivity index (χ0n) is 12.3. The topological polar surface area (TPSA) is 75.2 Å². The van der Waals surface area contributed by atoms with Crippen LogP contribution in [0.2, 0.25) is 0 Å². The predicted molar refractivity (Wildman–Crippen MR) is 79.6 cm³/mol. The molecule has 1 saturated heterocycles. The molecule has 3 rings (SSSR count). The lowest BCUT2D eigenvalue weighted by Crippen LogP contribution is -2.32. The summed E-state index contributed by atoms with van der Waals surface area (Å²) < 4.78 is 3.93. The van der Waals surface area contributed by atoms with Crippen molar-refractivity contribution in [1.82, 2.24) is 14.5 Å². The number of hydrogen-bond donors (Lipinski definition) is 1. The summed E-state index contributed by atoms with van der Waals surface area (Å²) in [5.41, 5.74) is 0.697. The van der Waals surface area contributed by atoms with Crippen LogP contribution >= 0.6 is 11.5 Å². The van der Waals surface area contributed by atoms with Gasteiger partial charge >= 0.3 is 0 Å². The predicted octanol–water partition coefficient (Wildman–Crippen LogP) is 1.89. The number of amides is 2. The molecule has 7 heteroatoms. The van der Waals surface area contributed by atoms with Crippen molar-refractivity contribution in [2.24, 2.45) is 17.8 Å². The molecule has 2 atom stereocenters. The van der Waals surface area contributed by atoms with Crippen molar-refractivity contribution >= 4 is 28.3 Å². The smallest absolute Gasteiger partial charge is 0.233 e. The van der Waals surface area contributed by atoms with Crippen LogP contribution in [-0.2, 0) is 16.1 Å². The number of carbonyl (C=O) groups excluding carboxylic acids is 2. The molecule has 2 heterocycles. The van der Waals surface area contributed by atoms with E-state index in [2.05, 4.69) is 28.8 Å². The van der Waals surface area contributed by atoms with Crippen molar-refractivity contribution in [2.45, 2.75) is 39.7 Å². The summed E-state index contributed by atoms with van der Waals surface area (Å²) in [6.45, 7) is 5.28. The number of nitrogens with zero attached hydrogens (tertiary/aromatic N) is 3. The fraction of sp³-hybridized carbons (Fsp3) is 0.714. The van der Waals surface area contributed by atoms with Crippen LogP contribution in [0.15, 0.2) is 0 Å². The number of hydrogen-bond acceptors (Lipinski definition) is 6. The molecule has 1 aromatic rings. The quantitative estimate of drug-likeness (QED) is 0.841. The molecule has 2 unspecified atom stereocenters. The van der Waals surface area contributed by atoms with E-state index in [1.165, 1.54) is 16.4 Å². The van der Waals surface area contributed by atoms with Gasteiger partial charge < -0.3 is 5.32 Å². The van der Waals surface area contributed by atoms with Crippen molar-refractivity contribution in [3.05, 3.63) is 5.69 Å². The molecule has 2 aliphatic rings. The van der Waals surface area contributed by atoms with Gasteiger partial charge in [-0.3, -0.25) is 14.5 Å². The Morgan fingerprint density at radius 3 is 2.57 bits per heavy atom. The van der Waals surface area contributed by atoms with Gasteiger partial charge in [-0.1, -0.05) is 18.3 Å². The summed E-state index contributed by atoms with van der Waals surface area (Å²) in [6.07, 6.45) is 2.67. The van der Waals surface area contributed by atoms with Gasteiger partial charge in [0.2, 0.25) is 11.8 Å². The van der Waals surface area contributed by atoms with E-state index < -0.39 is 0 Å². The number of carbonyl (C=O) groups is 2. The Labute approximate surface area is 128 Å². The fourth-order valence-corrected chi connectivity index (χ4v) is 3.94. The average molecular weight is 308 g/mol. The Bertz CT molecular complexity index is 535. The molecule has 1 aliphatic carbocycles. The van der Waals surface area contributed by atoms with Crippen molar-refractivity contribution in [3.8, 4) is 0 Å². The summed E-state index contributed by atoms with van der Waals surface area (Å²) in [4.78, 5) is 26.3. The molecule has 0 spiro atoms. The average Bonchev–Trinajstić information content (AvgIpc) is 3.11. The lowest BCUT2D eigenvalue weighted by Gasteiger charge is -2.16. The maximum atomic E-state index is 12.4. The second-order valence-corrected chi connectivity index (χ2v) is 6.78. The Morgan fingerprint density at radius 1 is 1.29 bits per heavy atom. The summed E-state index contributed by atoms with van der Waals surface area (Å²) in [5.74, 6) is 0.211. The van der Waals surface area contributed by atoms with E-state index in [0.717, 1.165) is 30.8 Å². The Morgan fingerprint density at radius 2 is 1.95 bits per heavy atom. The molecule has 6 nitrogen and oxygen atoms in total. The molecule has 1 saturated carbocycles. The first kappa shape index (κ1) is 14.4. The molecule has 2 amide bonds. The lowest BCUT2D eigenvalue weighted by molar-refractivity contribution is -0.141. The van der Waals surface area contributed by atoms with Crippen LogP contribution in [0.1, 0.15) is 38.8 Å². The van der Waals surface area contributed by atoms with Crippen molar-refractivity contribution in [1.29, 1.82) is 0 Å². The SMILES string of the molecule is CCCNc1snnc1CN1C(=O)C2CC(C)CC2C1=O. The maximum Gasteiger partial charge on any atom is 0.233 e. The summed E-state index contributed by atoms with van der Waals surface area (Å²) in [6, 6.07) is 0. The van der Waals surface area contributed by atoms with Crippen LogP contribution < -0.4 is 5.32 Å². The molecular formula is C14H20N4O2S. The Kier molecular flexibility index (Phi) is 3.93. The van der Waals surface area contributed by atoms with E-state index in [4.69, 9.17) is 0 Å². The van der Waals surface area contributed by atoms with Gasteiger partial charge in [-0.15, -0.1) is 5.10 Å². The first-order chi connectivity index (χ1) is 10.1. The third-order valence-corrected chi connectivity index (χ3v) is 5.09. The van der Waals surface area contributed by atoms with E-state index in [9.17, 15) is 9.59 Å². The number of nitrogens with one attached hydrogen (secondary N) is 1. The molecular weight excluding hydrogens is 288 g/mol. The highest BCUT2D eigenvalue weighted by Gasteiger charge is 2.51. The molecule has 0 bridgehead atoms. The molecule has 1 aliphatic heterocycles. The van der Waals surface area contributed by atoms with Crippen LogP contribution in [-0.4, -0.2) is 32.8 Å². The Hall–Kier alpha value is -1.50. The van der Waals surface area contributed by atoms with Gasteiger partial charge in [0.15, 0.2) is 0 Å². The number of aromatic nitrogens is 2. The first-order valence-electron chi connectivity index (χ1n) is 7.52. The van der Waals surface area contributed by atoms with E-state index in [1.54, 1.807) is 0 Å². The number of imide groups is 1. The second kappa shape index (κ2) is 5.71. The maximum absolute atomic E-state index is 12.4. The van der Waals surface area contributed by atoms with Crippen LogP contribution in [0, 0.1) is 17.8 Å². The minimum Gasteiger partial charge on any atom is -0.374 e. The van der Waals surface area contributed by atoms with E-state index in [-0.39, 0.29) is 30.2 Å². The van der Waals surface area contributed by atoms with Crippen LogP contribution in [0.25, 0.3) is 0 Å². The van der Waals surface area contributed by atoms with Gasteiger partial charge in [0.1, 0.15) is 10.7 Å². The first-order valence-corrected chi connectivity index (χ1v) is 8.29. The zero-order valence-corrected chi connectivity index (χ0v) is 13.2. The highest BCUT2D eigenvalue weighted by atomic mass is 32.1. The molecule has 2 fully saturated rings. The highest BCUT2D eigenvalue weighted by molar-refractivity contribution is 7.10. The largest absolute Gasteiger partial charge is 0.374 e. The summed E-state index contributed by atoms with van der Waals surface area (Å²) >= 11 is 1.28. The van der Waals surface area contributed by atoms with Gasteiger partial charge in [0, 0.05) is 18.1 Å². The molecule has 0 radical (unpaired) electrons. The third kappa shape index (κ3) is 2.54. The number of likely N-dealkylation sites (tertiary alicyclic amines) is 1. The van der Waals surface area contributed by atoms with Gasteiger partial charge in [-0.2, -0.15) is 0 Å². The fourth-order valence-electron chi connectivity index (χ4n) is 3.34. The number of anilines is 1. The van der Waals surface area contributed by atoms with Crippen LogP contribution in [0.3, 0.4) is 0 Å². The van der Waals surface area contributed by atoms with Crippen LogP contribution in [0.4, 0.5) is 5.00 Å². The van der Waals surface area contributed by atoms with E-state index in [0.29, 0.717) is 11.6 Å². The van der Waals surface area contributed by atoms with Crippen molar-refractivity contribution in [3.63, 3.8) is 0 Å². The lowest BCUT2D eigenvalue weighted by atomic mass is 10.00. The second-order valence-electron chi connectivity index (χ2n) is 6.03. The normalized spacial score (nSPS) is 28.3. The monoisotopic (exact) mass is 308 g/mol. The molecule has 1 N–H and O–H groups in total. The van der Waals surface area contributed by atoms with Crippen molar-refractivity contribution < 1.29 is 9.59 Å². The van der Waals surface area contributed by atoms with Gasteiger partial charge in [0.25, 0.3) is 0 Å². The van der Waals surface area contributed by atoms with Crippen molar-refractivity contribution in [2.75, 3.05) is 11.9 Å². The van der Waals surface area contributed by atoms with Gasteiger partial charge in [0.05, 0.1) is 18.4 Å². The molecule has 114 valence electrons. The molecule has 21 heavy (non-hydrogen) atoms. The summed E-state index contributed by atoms with van der Waals surface area (Å²) in [5, 5.41) is 8.18. The minimum absolute atomic E-state index is 0.0243. The van der Waals surface area contributed by atoms with Gasteiger partial charge in [-0.25, -0.2) is 0 Å². The number of rotatable bonds is 5. The van der Waals surface area contributed by atoms with Gasteiger partial charge in [-0.05, 0) is 25.2 Å². The molecule has 1 aromatic heterocycles. The number of fused-ring (bicyclic) bond motifs is 1. The molecule has 0 aromatic carbocycles. The Balaban J connectivity index is 1.73. The zero-order chi connectivity index (χ0) is 15.0. The van der Waals surface area contributed by atoms with E-state index >= 15 is 0 Å². The van der Waals surface area contributed by atoms with Crippen LogP contribution in [0.5, 0.6) is 0 Å². The minimum atomic E-state index is -0.105.